The van der Waals surface area contributed by atoms with E-state index in [0.29, 0.717) is 25.8 Å². The van der Waals surface area contributed by atoms with E-state index in [4.69, 9.17) is 0 Å². The summed E-state index contributed by atoms with van der Waals surface area (Å²) in [6.07, 6.45) is 1.65. The first-order valence-corrected chi connectivity index (χ1v) is 4.09. The van der Waals surface area contributed by atoms with E-state index in [0.717, 1.165) is 13.6 Å². The molecule has 0 rings (SSSR count). The molecule has 0 fully saturated rings. The Morgan fingerprint density at radius 2 is 2.27 bits per heavy atom. The van der Waals surface area contributed by atoms with Crippen LogP contribution < -0.4 is 5.32 Å². The Labute approximate surface area is 67.8 Å². The minimum absolute atomic E-state index is 0.332. The Hall–Kier alpha value is -0.245. The number of nitrogens with one attached hydrogen (secondary N) is 1. The van der Waals surface area contributed by atoms with E-state index < -0.39 is 6.17 Å². The molecule has 64 valence electrons. The van der Waals surface area contributed by atoms with E-state index in [1.807, 2.05) is 6.92 Å². The second kappa shape index (κ2) is 7.86. The Balaban J connectivity index is 3.03. The number of rotatable bonds is 7. The molecule has 0 aromatic carbocycles. The van der Waals surface area contributed by atoms with Gasteiger partial charge in [0.25, 0.3) is 0 Å². The van der Waals surface area contributed by atoms with Crippen LogP contribution in [0.1, 0.15) is 26.2 Å². The number of alkyl halides is 1. The van der Waals surface area contributed by atoms with Gasteiger partial charge in [-0.05, 0) is 0 Å². The molecule has 1 atom stereocenters. The van der Waals surface area contributed by atoms with Gasteiger partial charge in [-0.1, -0.05) is 0 Å². The van der Waals surface area contributed by atoms with Crippen LogP contribution in [-0.2, 0) is 4.70 Å². The summed E-state index contributed by atoms with van der Waals surface area (Å²) in [5.41, 5.74) is 0. The van der Waals surface area contributed by atoms with Crippen LogP contribution in [0.15, 0.2) is 0 Å². The fourth-order valence-corrected chi connectivity index (χ4v) is 0.877. The van der Waals surface area contributed by atoms with Gasteiger partial charge in [0.1, 0.15) is 0 Å². The Morgan fingerprint density at radius 3 is 2.82 bits per heavy atom. The maximum absolute atomic E-state index is 12.7. The van der Waals surface area contributed by atoms with Crippen molar-refractivity contribution in [2.45, 2.75) is 32.4 Å². The molecule has 0 amide bonds. The van der Waals surface area contributed by atoms with Crippen molar-refractivity contribution in [3.05, 3.63) is 0 Å². The molecule has 0 heterocycles. The van der Waals surface area contributed by atoms with Gasteiger partial charge in [-0.25, -0.2) is 0 Å². The quantitative estimate of drug-likeness (QED) is 0.445. The van der Waals surface area contributed by atoms with Gasteiger partial charge in [-0.15, -0.1) is 0 Å². The van der Waals surface area contributed by atoms with Crippen LogP contribution >= 0.6 is 0 Å². The normalized spacial score (nSPS) is 12.5. The maximum atomic E-state index is 12.7. The van der Waals surface area contributed by atoms with Crippen LogP contribution in [0.5, 0.6) is 0 Å². The van der Waals surface area contributed by atoms with Crippen LogP contribution in [0.2, 0.25) is 0 Å². The molecule has 1 unspecified atom stereocenters. The topological polar surface area (TPSA) is 29.1 Å². The number of hydrogen-bond donors (Lipinski definition) is 1. The van der Waals surface area contributed by atoms with E-state index in [2.05, 4.69) is 5.32 Å². The van der Waals surface area contributed by atoms with E-state index in [1.54, 1.807) is 0 Å². The van der Waals surface area contributed by atoms with Crippen molar-refractivity contribution in [3.8, 4) is 0 Å². The zero-order valence-corrected chi connectivity index (χ0v) is 6.98. The van der Waals surface area contributed by atoms with Crippen molar-refractivity contribution < 1.29 is 9.10 Å². The van der Waals surface area contributed by atoms with E-state index in [-0.39, 0.29) is 0 Å². The zero-order chi connectivity index (χ0) is 8.53. The Morgan fingerprint density at radius 1 is 1.55 bits per heavy atom. The van der Waals surface area contributed by atoms with Crippen molar-refractivity contribution in [3.63, 3.8) is 0 Å². The summed E-state index contributed by atoms with van der Waals surface area (Å²) in [6, 6.07) is 0. The van der Waals surface area contributed by atoms with Crippen molar-refractivity contribution >= 4 is 7.15 Å². The third-order valence-corrected chi connectivity index (χ3v) is 1.46. The van der Waals surface area contributed by atoms with Gasteiger partial charge in [-0.3, -0.25) is 0 Å². The molecule has 0 aromatic rings. The molecule has 11 heavy (non-hydrogen) atoms. The molecule has 0 saturated heterocycles. The standard InChI is InChI=1S/C7H15BFNO/c1-2-3-7(9)4-5-10-6-8-11/h7,10H,2-6H2,1H3. The molecule has 0 aliphatic heterocycles. The van der Waals surface area contributed by atoms with Crippen molar-refractivity contribution in [2.24, 2.45) is 0 Å². The molecule has 0 aliphatic carbocycles. The third kappa shape index (κ3) is 7.65. The summed E-state index contributed by atoms with van der Waals surface area (Å²) in [5, 5.41) is 2.82. The van der Waals surface area contributed by atoms with Gasteiger partial charge in [0.15, 0.2) is 0 Å². The molecular weight excluding hydrogens is 144 g/mol. The van der Waals surface area contributed by atoms with Gasteiger partial charge < -0.3 is 0 Å². The van der Waals surface area contributed by atoms with Crippen LogP contribution in [0.25, 0.3) is 0 Å². The molecule has 2 nitrogen and oxygen atoms in total. The van der Waals surface area contributed by atoms with Crippen LogP contribution in [-0.4, -0.2) is 26.3 Å². The average molecular weight is 159 g/mol. The molecule has 0 bridgehead atoms. The van der Waals surface area contributed by atoms with Crippen molar-refractivity contribution in [1.29, 1.82) is 0 Å². The number of hydrogen-bond acceptors (Lipinski definition) is 2. The van der Waals surface area contributed by atoms with Crippen LogP contribution in [0.3, 0.4) is 0 Å². The monoisotopic (exact) mass is 159 g/mol. The van der Waals surface area contributed by atoms with E-state index in [1.165, 1.54) is 0 Å². The Bertz CT molecular complexity index is 102. The first kappa shape index (κ1) is 10.8. The number of halogens is 1. The summed E-state index contributed by atoms with van der Waals surface area (Å²) in [4.78, 5) is 0. The second-order valence-corrected chi connectivity index (χ2v) is 2.55. The van der Waals surface area contributed by atoms with E-state index >= 15 is 0 Å². The second-order valence-electron chi connectivity index (χ2n) is 2.55. The Kier molecular flexibility index (Phi) is 7.68. The molecule has 1 N–H and O–H groups in total. The molecule has 0 saturated carbocycles. The zero-order valence-electron chi connectivity index (χ0n) is 6.98. The van der Waals surface area contributed by atoms with Crippen molar-refractivity contribution in [2.75, 3.05) is 13.0 Å². The molecule has 0 aliphatic rings. The van der Waals surface area contributed by atoms with Crippen LogP contribution in [0, 0.1) is 0 Å². The predicted octanol–water partition coefficient (Wildman–Crippen LogP) is 1.11. The first-order valence-electron chi connectivity index (χ1n) is 4.09. The summed E-state index contributed by atoms with van der Waals surface area (Å²) in [5.74, 6) is 0. The fraction of sp³-hybridized carbons (Fsp3) is 1.00. The van der Waals surface area contributed by atoms with Crippen LogP contribution in [0.4, 0.5) is 4.39 Å². The summed E-state index contributed by atoms with van der Waals surface area (Å²) < 4.78 is 22.5. The third-order valence-electron chi connectivity index (χ3n) is 1.46. The van der Waals surface area contributed by atoms with Gasteiger partial charge in [0.05, 0.1) is 0 Å². The average Bonchev–Trinajstić information content (AvgIpc) is 1.99. The molecule has 0 radical (unpaired) electrons. The van der Waals surface area contributed by atoms with Gasteiger partial charge in [0.2, 0.25) is 0 Å². The predicted molar refractivity (Wildman–Crippen MR) is 43.7 cm³/mol. The molecule has 0 spiro atoms. The molecular formula is C7H15BFNO. The first-order chi connectivity index (χ1) is 5.31. The van der Waals surface area contributed by atoms with E-state index in [9.17, 15) is 9.10 Å². The summed E-state index contributed by atoms with van der Waals surface area (Å²) >= 11 is 0. The molecule has 0 aromatic heterocycles. The fourth-order valence-electron chi connectivity index (χ4n) is 0.877. The molecule has 4 heteroatoms. The SMILES string of the molecule is CCCC(F)CCNCB=O. The van der Waals surface area contributed by atoms with Gasteiger partial charge in [-0.2, -0.15) is 0 Å². The summed E-state index contributed by atoms with van der Waals surface area (Å²) in [7, 11) is 0.785. The summed E-state index contributed by atoms with van der Waals surface area (Å²) in [6.45, 7) is 2.56. The minimum atomic E-state index is -0.709. The van der Waals surface area contributed by atoms with Crippen molar-refractivity contribution in [1.82, 2.24) is 5.32 Å². The van der Waals surface area contributed by atoms with Gasteiger partial charge in [0, 0.05) is 0 Å². The van der Waals surface area contributed by atoms with Gasteiger partial charge >= 0.3 is 66.9 Å².